The molecular formula is C19H18Cl2N2O3. The van der Waals surface area contributed by atoms with Crippen molar-refractivity contribution in [3.63, 3.8) is 0 Å². The van der Waals surface area contributed by atoms with Crippen LogP contribution in [0, 0.1) is 0 Å². The highest BCUT2D eigenvalue weighted by Crippen LogP contribution is 2.41. The summed E-state index contributed by atoms with van der Waals surface area (Å²) < 4.78 is 0. The van der Waals surface area contributed by atoms with Gasteiger partial charge in [0, 0.05) is 18.3 Å². The molecule has 0 fully saturated rings. The van der Waals surface area contributed by atoms with Crippen LogP contribution in [0.25, 0.3) is 0 Å². The minimum Gasteiger partial charge on any atom is -0.507 e. The number of carbonyl (C=O) groups excluding carboxylic acids is 2. The van der Waals surface area contributed by atoms with Gasteiger partial charge >= 0.3 is 0 Å². The first kappa shape index (κ1) is 18.7. The van der Waals surface area contributed by atoms with E-state index in [1.165, 1.54) is 18.2 Å². The van der Waals surface area contributed by atoms with Crippen molar-refractivity contribution in [2.24, 2.45) is 0 Å². The van der Waals surface area contributed by atoms with E-state index in [-0.39, 0.29) is 44.1 Å². The maximum atomic E-state index is 13.1. The maximum Gasteiger partial charge on any atom is 0.199 e. The lowest BCUT2D eigenvalue weighted by atomic mass is 9.82. The number of aromatic hydroxyl groups is 1. The Morgan fingerprint density at radius 3 is 2.04 bits per heavy atom. The van der Waals surface area contributed by atoms with Gasteiger partial charge in [0.25, 0.3) is 0 Å². The molecule has 0 heterocycles. The molecule has 0 spiro atoms. The minimum atomic E-state index is -0.510. The number of carbonyl (C=O) groups is 2. The Bertz CT molecular complexity index is 925. The monoisotopic (exact) mass is 392 g/mol. The Morgan fingerprint density at radius 2 is 1.50 bits per heavy atom. The molecule has 2 aromatic carbocycles. The molecule has 0 aliphatic heterocycles. The molecule has 0 amide bonds. The zero-order valence-corrected chi connectivity index (χ0v) is 16.1. The highest BCUT2D eigenvalue weighted by Gasteiger charge is 2.37. The smallest absolute Gasteiger partial charge is 0.199 e. The molecular weight excluding hydrogens is 375 g/mol. The van der Waals surface area contributed by atoms with E-state index in [1.807, 2.05) is 25.9 Å². The molecule has 0 saturated carbocycles. The first-order valence-electron chi connectivity index (χ1n) is 8.07. The fraction of sp³-hybridized carbons (Fsp3) is 0.263. The SMILES string of the molecule is CC(CNc1ccc(O)c2c1C(=O)c1c(Cl)ccc(Cl)c1C2=O)N(C)C. The number of anilines is 1. The minimum absolute atomic E-state index is 0.0331. The summed E-state index contributed by atoms with van der Waals surface area (Å²) in [6.45, 7) is 2.58. The molecule has 0 bridgehead atoms. The Labute approximate surface area is 161 Å². The van der Waals surface area contributed by atoms with Gasteiger partial charge in [0.1, 0.15) is 5.75 Å². The summed E-state index contributed by atoms with van der Waals surface area (Å²) >= 11 is 12.3. The van der Waals surface area contributed by atoms with Crippen LogP contribution in [-0.2, 0) is 0 Å². The standard InChI is InChI=1S/C19H18Cl2N2O3/c1-9(23(2)3)8-22-12-6-7-13(24)17-16(12)18(25)14-10(20)4-5-11(21)15(14)19(17)26/h4-7,9,22,24H,8H2,1-3H3. The zero-order valence-electron chi connectivity index (χ0n) is 14.6. The van der Waals surface area contributed by atoms with Crippen molar-refractivity contribution in [2.75, 3.05) is 26.0 Å². The van der Waals surface area contributed by atoms with E-state index in [0.29, 0.717) is 12.2 Å². The summed E-state index contributed by atoms with van der Waals surface area (Å²) in [5.41, 5.74) is 0.662. The third-order valence-electron chi connectivity index (χ3n) is 4.66. The van der Waals surface area contributed by atoms with Gasteiger partial charge in [0.2, 0.25) is 0 Å². The van der Waals surface area contributed by atoms with E-state index in [0.717, 1.165) is 0 Å². The van der Waals surface area contributed by atoms with Gasteiger partial charge in [0.05, 0.1) is 32.3 Å². The second kappa shape index (κ2) is 6.91. The molecule has 0 radical (unpaired) electrons. The van der Waals surface area contributed by atoms with E-state index in [2.05, 4.69) is 5.32 Å². The van der Waals surface area contributed by atoms with E-state index < -0.39 is 11.6 Å². The number of phenolic OH excluding ortho intramolecular Hbond substituents is 1. The van der Waals surface area contributed by atoms with Crippen molar-refractivity contribution in [2.45, 2.75) is 13.0 Å². The van der Waals surface area contributed by atoms with Crippen LogP contribution >= 0.6 is 23.2 Å². The summed E-state index contributed by atoms with van der Waals surface area (Å²) in [6.07, 6.45) is 0. The van der Waals surface area contributed by atoms with Gasteiger partial charge in [-0.3, -0.25) is 9.59 Å². The number of fused-ring (bicyclic) bond motifs is 2. The van der Waals surface area contributed by atoms with Crippen LogP contribution in [0.4, 0.5) is 5.69 Å². The van der Waals surface area contributed by atoms with E-state index in [1.54, 1.807) is 6.07 Å². The number of likely N-dealkylation sites (N-methyl/N-ethyl adjacent to an activating group) is 1. The molecule has 2 aromatic rings. The van der Waals surface area contributed by atoms with Gasteiger partial charge in [-0.15, -0.1) is 0 Å². The Balaban J connectivity index is 2.15. The first-order chi connectivity index (χ1) is 12.2. The average Bonchev–Trinajstić information content (AvgIpc) is 2.59. The van der Waals surface area contributed by atoms with Crippen molar-refractivity contribution >= 4 is 40.5 Å². The van der Waals surface area contributed by atoms with Gasteiger partial charge < -0.3 is 15.3 Å². The maximum absolute atomic E-state index is 13.1. The number of benzene rings is 2. The van der Waals surface area contributed by atoms with Gasteiger partial charge in [-0.05, 0) is 45.3 Å². The van der Waals surface area contributed by atoms with Crippen molar-refractivity contribution in [3.8, 4) is 5.75 Å². The molecule has 136 valence electrons. The number of nitrogens with one attached hydrogen (secondary N) is 1. The lowest BCUT2D eigenvalue weighted by Gasteiger charge is -2.25. The molecule has 0 saturated heterocycles. The normalized spacial score (nSPS) is 14.2. The van der Waals surface area contributed by atoms with Crippen LogP contribution in [0.1, 0.15) is 38.8 Å². The van der Waals surface area contributed by atoms with E-state index >= 15 is 0 Å². The van der Waals surface area contributed by atoms with Gasteiger partial charge in [-0.25, -0.2) is 0 Å². The lowest BCUT2D eigenvalue weighted by Crippen LogP contribution is -2.32. The molecule has 5 nitrogen and oxygen atoms in total. The fourth-order valence-electron chi connectivity index (χ4n) is 2.89. The summed E-state index contributed by atoms with van der Waals surface area (Å²) in [7, 11) is 3.90. The number of hydrogen-bond donors (Lipinski definition) is 2. The van der Waals surface area contributed by atoms with Gasteiger partial charge in [0.15, 0.2) is 11.6 Å². The second-order valence-electron chi connectivity index (χ2n) is 6.51. The second-order valence-corrected chi connectivity index (χ2v) is 7.33. The van der Waals surface area contributed by atoms with Crippen molar-refractivity contribution in [3.05, 3.63) is 56.6 Å². The molecule has 1 atom stereocenters. The number of nitrogens with zero attached hydrogens (tertiary/aromatic N) is 1. The number of phenols is 1. The van der Waals surface area contributed by atoms with Crippen molar-refractivity contribution in [1.29, 1.82) is 0 Å². The van der Waals surface area contributed by atoms with Gasteiger partial charge in [-0.1, -0.05) is 23.2 Å². The Hall–Kier alpha value is -2.08. The molecule has 7 heteroatoms. The third-order valence-corrected chi connectivity index (χ3v) is 5.29. The van der Waals surface area contributed by atoms with E-state index in [4.69, 9.17) is 23.2 Å². The highest BCUT2D eigenvalue weighted by atomic mass is 35.5. The van der Waals surface area contributed by atoms with E-state index in [9.17, 15) is 14.7 Å². The number of halogens is 2. The predicted molar refractivity (Wildman–Crippen MR) is 103 cm³/mol. The van der Waals surface area contributed by atoms with Crippen LogP contribution in [-0.4, -0.2) is 48.3 Å². The van der Waals surface area contributed by atoms with Crippen LogP contribution in [0.5, 0.6) is 5.75 Å². The predicted octanol–water partition coefficient (Wildman–Crippen LogP) is 3.84. The average molecular weight is 393 g/mol. The zero-order chi connectivity index (χ0) is 19.2. The first-order valence-corrected chi connectivity index (χ1v) is 8.83. The van der Waals surface area contributed by atoms with Crippen molar-refractivity contribution < 1.29 is 14.7 Å². The Kier molecular flexibility index (Phi) is 4.97. The molecule has 0 aromatic heterocycles. The molecule has 1 aliphatic rings. The van der Waals surface area contributed by atoms with Crippen LogP contribution in [0.2, 0.25) is 10.0 Å². The van der Waals surface area contributed by atoms with Crippen LogP contribution in [0.15, 0.2) is 24.3 Å². The fourth-order valence-corrected chi connectivity index (χ4v) is 3.38. The quantitative estimate of drug-likeness (QED) is 0.660. The molecule has 2 N–H and O–H groups in total. The molecule has 1 aliphatic carbocycles. The van der Waals surface area contributed by atoms with Gasteiger partial charge in [-0.2, -0.15) is 0 Å². The lowest BCUT2D eigenvalue weighted by molar-refractivity contribution is 0.0977. The number of rotatable bonds is 4. The van der Waals surface area contributed by atoms with Crippen LogP contribution < -0.4 is 5.32 Å². The van der Waals surface area contributed by atoms with Crippen LogP contribution in [0.3, 0.4) is 0 Å². The summed E-state index contributed by atoms with van der Waals surface area (Å²) in [5.74, 6) is -1.20. The summed E-state index contributed by atoms with van der Waals surface area (Å²) in [4.78, 5) is 28.1. The largest absolute Gasteiger partial charge is 0.507 e. The number of ketones is 2. The summed E-state index contributed by atoms with van der Waals surface area (Å²) in [5, 5.41) is 13.7. The molecule has 3 rings (SSSR count). The topological polar surface area (TPSA) is 69.6 Å². The highest BCUT2D eigenvalue weighted by molar-refractivity contribution is 6.44. The third kappa shape index (κ3) is 2.96. The molecule has 1 unspecified atom stereocenters. The summed E-state index contributed by atoms with van der Waals surface area (Å²) in [6, 6.07) is 6.14. The molecule has 26 heavy (non-hydrogen) atoms. The Morgan fingerprint density at radius 1 is 0.962 bits per heavy atom. The van der Waals surface area contributed by atoms with Crippen molar-refractivity contribution in [1.82, 2.24) is 4.90 Å². The number of hydrogen-bond acceptors (Lipinski definition) is 5.